The lowest BCUT2D eigenvalue weighted by Crippen LogP contribution is -2.47. The summed E-state index contributed by atoms with van der Waals surface area (Å²) in [7, 11) is 0. The molecule has 1 aromatic heterocycles. The predicted molar refractivity (Wildman–Crippen MR) is 94.3 cm³/mol. The van der Waals surface area contributed by atoms with E-state index >= 15 is 0 Å². The lowest BCUT2D eigenvalue weighted by molar-refractivity contribution is -0.124. The molecular weight excluding hydrogens is 314 g/mol. The number of carbonyl (C=O) groups is 1. The minimum absolute atomic E-state index is 0.308. The monoisotopic (exact) mass is 333 g/mol. The molecule has 0 fully saturated rings. The van der Waals surface area contributed by atoms with E-state index in [0.717, 1.165) is 17.0 Å². The molecule has 4 rings (SSSR count). The first kappa shape index (κ1) is 15.6. The fourth-order valence-electron chi connectivity index (χ4n) is 3.36. The summed E-state index contributed by atoms with van der Waals surface area (Å²) in [6.45, 7) is 1.17. The third-order valence-electron chi connectivity index (χ3n) is 4.66. The number of fused-ring (bicyclic) bond motifs is 1. The fourth-order valence-corrected chi connectivity index (χ4v) is 3.36. The van der Waals surface area contributed by atoms with Crippen LogP contribution in [0.25, 0.3) is 11.3 Å². The number of rotatable bonds is 4. The van der Waals surface area contributed by atoms with E-state index in [2.05, 4.69) is 22.2 Å². The molecule has 0 radical (unpaired) electrons. The molecule has 0 aliphatic carbocycles. The van der Waals surface area contributed by atoms with Gasteiger partial charge in [0.1, 0.15) is 5.69 Å². The average Bonchev–Trinajstić information content (AvgIpc) is 3.10. The number of benzene rings is 2. The van der Waals surface area contributed by atoms with Gasteiger partial charge in [0.2, 0.25) is 5.91 Å². The fraction of sp³-hybridized carbons (Fsp3) is 0.200. The lowest BCUT2D eigenvalue weighted by Gasteiger charge is -2.34. The Morgan fingerprint density at radius 1 is 1.12 bits per heavy atom. The minimum atomic E-state index is -0.333. The molecule has 5 nitrogen and oxygen atoms in total. The summed E-state index contributed by atoms with van der Waals surface area (Å²) in [5.74, 6) is 0.418. The number of carbonyl (C=O) groups excluding carboxylic acids is 1. The van der Waals surface area contributed by atoms with Gasteiger partial charge in [-0.1, -0.05) is 59.8 Å². The topological polar surface area (TPSA) is 72.4 Å². The van der Waals surface area contributed by atoms with Crippen molar-refractivity contribution in [1.82, 2.24) is 10.1 Å². The van der Waals surface area contributed by atoms with Crippen LogP contribution in [0, 0.1) is 0 Å². The van der Waals surface area contributed by atoms with Gasteiger partial charge in [-0.05, 0) is 17.5 Å². The molecular formula is C20H19N3O2. The third-order valence-corrected chi connectivity index (χ3v) is 4.66. The summed E-state index contributed by atoms with van der Waals surface area (Å²) in [5, 5.41) is 4.15. The van der Waals surface area contributed by atoms with Crippen molar-refractivity contribution in [1.29, 1.82) is 0 Å². The van der Waals surface area contributed by atoms with Gasteiger partial charge >= 0.3 is 0 Å². The number of primary amides is 1. The highest BCUT2D eigenvalue weighted by Crippen LogP contribution is 2.26. The Morgan fingerprint density at radius 3 is 2.60 bits per heavy atom. The number of hydrogen-bond donors (Lipinski definition) is 1. The first-order valence-corrected chi connectivity index (χ1v) is 8.32. The van der Waals surface area contributed by atoms with Crippen LogP contribution in [0.5, 0.6) is 0 Å². The second-order valence-corrected chi connectivity index (χ2v) is 6.34. The molecule has 2 aromatic carbocycles. The molecule has 1 amide bonds. The zero-order valence-corrected chi connectivity index (χ0v) is 13.8. The Kier molecular flexibility index (Phi) is 4.07. The van der Waals surface area contributed by atoms with E-state index in [9.17, 15) is 4.79 Å². The van der Waals surface area contributed by atoms with Crippen molar-refractivity contribution in [2.75, 3.05) is 0 Å². The van der Waals surface area contributed by atoms with Gasteiger partial charge in [0, 0.05) is 18.2 Å². The van der Waals surface area contributed by atoms with Gasteiger partial charge in [-0.3, -0.25) is 9.69 Å². The van der Waals surface area contributed by atoms with E-state index in [1.54, 1.807) is 0 Å². The van der Waals surface area contributed by atoms with Crippen molar-refractivity contribution >= 4 is 5.91 Å². The van der Waals surface area contributed by atoms with E-state index < -0.39 is 0 Å². The maximum Gasteiger partial charge on any atom is 0.235 e. The van der Waals surface area contributed by atoms with Crippen molar-refractivity contribution in [3.05, 3.63) is 77.6 Å². The van der Waals surface area contributed by atoms with Crippen LogP contribution in [-0.2, 0) is 24.3 Å². The minimum Gasteiger partial charge on any atom is -0.368 e. The van der Waals surface area contributed by atoms with Gasteiger partial charge < -0.3 is 10.3 Å². The van der Waals surface area contributed by atoms with E-state index in [4.69, 9.17) is 10.3 Å². The normalized spacial score (nSPS) is 17.2. The predicted octanol–water partition coefficient (Wildman–Crippen LogP) is 2.75. The van der Waals surface area contributed by atoms with Crippen LogP contribution in [0.2, 0.25) is 0 Å². The van der Waals surface area contributed by atoms with Gasteiger partial charge in [0.25, 0.3) is 0 Å². The van der Waals surface area contributed by atoms with Crippen LogP contribution in [-0.4, -0.2) is 22.0 Å². The van der Waals surface area contributed by atoms with Crippen LogP contribution in [0.1, 0.15) is 16.9 Å². The first-order valence-electron chi connectivity index (χ1n) is 8.32. The number of nitrogens with zero attached hydrogens (tertiary/aromatic N) is 2. The molecule has 0 spiro atoms. The van der Waals surface area contributed by atoms with Crippen LogP contribution in [0.3, 0.4) is 0 Å². The van der Waals surface area contributed by atoms with E-state index in [0.29, 0.717) is 19.5 Å². The summed E-state index contributed by atoms with van der Waals surface area (Å²) >= 11 is 0. The van der Waals surface area contributed by atoms with Crippen molar-refractivity contribution in [2.24, 2.45) is 5.73 Å². The highest BCUT2D eigenvalue weighted by molar-refractivity contribution is 5.80. The first-order chi connectivity index (χ1) is 12.2. The SMILES string of the molecule is NC(=O)C1Cc2ccccc2CN1Cc1cc(-c2ccccc2)no1. The Balaban J connectivity index is 1.57. The van der Waals surface area contributed by atoms with E-state index in [1.807, 2.05) is 48.5 Å². The summed E-state index contributed by atoms with van der Waals surface area (Å²) in [6.07, 6.45) is 0.630. The molecule has 3 aromatic rings. The standard InChI is InChI=1S/C20H19N3O2/c21-20(24)19-10-15-8-4-5-9-16(15)12-23(19)13-17-11-18(22-25-17)14-6-2-1-3-7-14/h1-9,11,19H,10,12-13H2,(H2,21,24). The molecule has 2 heterocycles. The van der Waals surface area contributed by atoms with Gasteiger partial charge in [-0.15, -0.1) is 0 Å². The number of amides is 1. The maximum atomic E-state index is 11.9. The van der Waals surface area contributed by atoms with Gasteiger partial charge in [-0.2, -0.15) is 0 Å². The van der Waals surface area contributed by atoms with Crippen LogP contribution in [0.4, 0.5) is 0 Å². The molecule has 1 unspecified atom stereocenters. The summed E-state index contributed by atoms with van der Waals surface area (Å²) in [6, 6.07) is 19.6. The largest absolute Gasteiger partial charge is 0.368 e. The molecule has 1 atom stereocenters. The Labute approximate surface area is 146 Å². The van der Waals surface area contributed by atoms with Gasteiger partial charge in [0.05, 0.1) is 12.6 Å². The molecule has 0 bridgehead atoms. The molecule has 5 heteroatoms. The van der Waals surface area contributed by atoms with Crippen molar-refractivity contribution < 1.29 is 9.32 Å². The smallest absolute Gasteiger partial charge is 0.235 e. The zero-order chi connectivity index (χ0) is 17.2. The highest BCUT2D eigenvalue weighted by atomic mass is 16.5. The van der Waals surface area contributed by atoms with Gasteiger partial charge in [0.15, 0.2) is 5.76 Å². The Morgan fingerprint density at radius 2 is 1.84 bits per heavy atom. The molecule has 126 valence electrons. The summed E-state index contributed by atoms with van der Waals surface area (Å²) in [4.78, 5) is 14.0. The second kappa shape index (κ2) is 6.53. The third kappa shape index (κ3) is 3.19. The van der Waals surface area contributed by atoms with E-state index in [1.165, 1.54) is 11.1 Å². The Hall–Kier alpha value is -2.92. The number of hydrogen-bond acceptors (Lipinski definition) is 4. The van der Waals surface area contributed by atoms with Crippen molar-refractivity contribution in [3.63, 3.8) is 0 Å². The molecule has 1 aliphatic rings. The van der Waals surface area contributed by atoms with Crippen molar-refractivity contribution in [3.8, 4) is 11.3 Å². The maximum absolute atomic E-state index is 11.9. The summed E-state index contributed by atoms with van der Waals surface area (Å²) < 4.78 is 5.49. The molecule has 25 heavy (non-hydrogen) atoms. The van der Waals surface area contributed by atoms with Gasteiger partial charge in [-0.25, -0.2) is 0 Å². The van der Waals surface area contributed by atoms with Crippen molar-refractivity contribution in [2.45, 2.75) is 25.6 Å². The molecule has 2 N–H and O–H groups in total. The highest BCUT2D eigenvalue weighted by Gasteiger charge is 2.30. The summed E-state index contributed by atoms with van der Waals surface area (Å²) in [5.41, 5.74) is 9.85. The quantitative estimate of drug-likeness (QED) is 0.797. The molecule has 1 aliphatic heterocycles. The van der Waals surface area contributed by atoms with Crippen LogP contribution in [0.15, 0.2) is 65.2 Å². The molecule has 0 saturated carbocycles. The Bertz CT molecular complexity index is 889. The number of aromatic nitrogens is 1. The second-order valence-electron chi connectivity index (χ2n) is 6.34. The lowest BCUT2D eigenvalue weighted by atomic mass is 9.93. The zero-order valence-electron chi connectivity index (χ0n) is 13.8. The van der Waals surface area contributed by atoms with Crippen LogP contribution >= 0.6 is 0 Å². The number of nitrogens with two attached hydrogens (primary N) is 1. The van der Waals surface area contributed by atoms with E-state index in [-0.39, 0.29) is 11.9 Å². The molecule has 0 saturated heterocycles. The average molecular weight is 333 g/mol. The van der Waals surface area contributed by atoms with Crippen LogP contribution < -0.4 is 5.73 Å².